The lowest BCUT2D eigenvalue weighted by Crippen LogP contribution is -2.44. The molecule has 0 bridgehead atoms. The number of aromatic nitrogens is 1. The number of anilines is 1. The molecule has 2 fully saturated rings. The summed E-state index contributed by atoms with van der Waals surface area (Å²) in [4.78, 5) is 19.5. The highest BCUT2D eigenvalue weighted by atomic mass is 35.5. The van der Waals surface area contributed by atoms with E-state index in [9.17, 15) is 13.2 Å². The first-order chi connectivity index (χ1) is 13.7. The molecule has 6 nitrogen and oxygen atoms in total. The van der Waals surface area contributed by atoms with Crippen LogP contribution >= 0.6 is 12.4 Å². The molecule has 2 aliphatic carbocycles. The zero-order valence-corrected chi connectivity index (χ0v) is 19.7. The second-order valence-corrected chi connectivity index (χ2v) is 12.0. The van der Waals surface area contributed by atoms with Crippen LogP contribution in [0.2, 0.25) is 0 Å². The van der Waals surface area contributed by atoms with Crippen molar-refractivity contribution in [1.29, 1.82) is 0 Å². The molecule has 1 aromatic rings. The maximum atomic E-state index is 13.1. The zero-order chi connectivity index (χ0) is 20.6. The van der Waals surface area contributed by atoms with E-state index in [1.54, 1.807) is 11.1 Å². The lowest BCUT2D eigenvalue weighted by molar-refractivity contribution is 0.0768. The fourth-order valence-corrected chi connectivity index (χ4v) is 6.36. The van der Waals surface area contributed by atoms with E-state index in [0.717, 1.165) is 43.5 Å². The van der Waals surface area contributed by atoms with E-state index in [0.29, 0.717) is 17.0 Å². The molecule has 1 aliphatic heterocycles. The Labute approximate surface area is 186 Å². The van der Waals surface area contributed by atoms with E-state index in [-0.39, 0.29) is 42.9 Å². The van der Waals surface area contributed by atoms with E-state index >= 15 is 0 Å². The predicted molar refractivity (Wildman–Crippen MR) is 122 cm³/mol. The van der Waals surface area contributed by atoms with Crippen LogP contribution in [-0.2, 0) is 22.7 Å². The number of fused-ring (bicyclic) bond motifs is 1. The molecule has 168 valence electrons. The van der Waals surface area contributed by atoms with Crippen LogP contribution in [0.5, 0.6) is 0 Å². The molecule has 1 saturated heterocycles. The summed E-state index contributed by atoms with van der Waals surface area (Å²) < 4.78 is 23.4. The Morgan fingerprint density at radius 1 is 1.13 bits per heavy atom. The molecule has 1 saturated carbocycles. The van der Waals surface area contributed by atoms with Crippen LogP contribution in [0.4, 0.5) is 5.82 Å². The van der Waals surface area contributed by atoms with Gasteiger partial charge in [-0.15, -0.1) is 12.4 Å². The Morgan fingerprint density at radius 2 is 1.80 bits per heavy atom. The monoisotopic (exact) mass is 455 g/mol. The number of carbonyl (C=O) groups is 1. The number of sulfone groups is 1. The van der Waals surface area contributed by atoms with Crippen molar-refractivity contribution < 1.29 is 13.2 Å². The van der Waals surface area contributed by atoms with Gasteiger partial charge >= 0.3 is 0 Å². The number of pyridine rings is 1. The average Bonchev–Trinajstić information content (AvgIpc) is 2.67. The minimum atomic E-state index is -3.00. The van der Waals surface area contributed by atoms with Gasteiger partial charge in [-0.3, -0.25) is 4.79 Å². The van der Waals surface area contributed by atoms with Crippen LogP contribution in [0.15, 0.2) is 6.20 Å². The standard InChI is InChI=1S/C22H33N3O3S.ClH/c1-22(2)9-5-6-16(14-22)24-20-18-8-4-3-7-17(18)19(15-23-20)21(26)25-10-12-29(27,28)13-11-25;/h15-16H,3-14H2,1-2H3,(H,23,24);1H. The Kier molecular flexibility index (Phi) is 7.02. The molecule has 3 aliphatic rings. The van der Waals surface area contributed by atoms with Crippen molar-refractivity contribution in [1.82, 2.24) is 9.88 Å². The fourth-order valence-electron chi connectivity index (χ4n) is 5.16. The SMILES string of the molecule is CC1(C)CCCC(Nc2ncc(C(=O)N3CCS(=O)(=O)CC3)c3c2CCCC3)C1.Cl. The third kappa shape index (κ3) is 5.10. The van der Waals surface area contributed by atoms with Crippen LogP contribution in [0.1, 0.15) is 73.9 Å². The van der Waals surface area contributed by atoms with Crippen LogP contribution in [0, 0.1) is 5.41 Å². The van der Waals surface area contributed by atoms with Gasteiger partial charge in [0, 0.05) is 25.3 Å². The van der Waals surface area contributed by atoms with Crippen LogP contribution in [0.25, 0.3) is 0 Å². The van der Waals surface area contributed by atoms with Gasteiger partial charge in [-0.05, 0) is 61.5 Å². The van der Waals surface area contributed by atoms with Crippen molar-refractivity contribution in [3.05, 3.63) is 22.9 Å². The van der Waals surface area contributed by atoms with Crippen molar-refractivity contribution in [3.8, 4) is 0 Å². The molecular formula is C22H34ClN3O3S. The first kappa shape index (κ1) is 23.3. The maximum Gasteiger partial charge on any atom is 0.255 e. The summed E-state index contributed by atoms with van der Waals surface area (Å²) in [6.45, 7) is 5.24. The number of hydrogen-bond donors (Lipinski definition) is 1. The van der Waals surface area contributed by atoms with E-state index in [1.165, 1.54) is 24.8 Å². The molecule has 30 heavy (non-hydrogen) atoms. The number of hydrogen-bond acceptors (Lipinski definition) is 5. The van der Waals surface area contributed by atoms with Gasteiger partial charge in [-0.1, -0.05) is 20.3 Å². The highest BCUT2D eigenvalue weighted by molar-refractivity contribution is 7.91. The number of nitrogens with zero attached hydrogens (tertiary/aromatic N) is 2. The molecule has 1 amide bonds. The quantitative estimate of drug-likeness (QED) is 0.752. The van der Waals surface area contributed by atoms with Gasteiger partial charge in [0.1, 0.15) is 5.82 Å². The average molecular weight is 456 g/mol. The summed E-state index contributed by atoms with van der Waals surface area (Å²) in [6, 6.07) is 0.436. The van der Waals surface area contributed by atoms with Gasteiger partial charge in [-0.2, -0.15) is 0 Å². The Morgan fingerprint density at radius 3 is 2.47 bits per heavy atom. The van der Waals surface area contributed by atoms with E-state index in [2.05, 4.69) is 19.2 Å². The second-order valence-electron chi connectivity index (χ2n) is 9.73. The third-order valence-electron chi connectivity index (χ3n) is 6.81. The highest BCUT2D eigenvalue weighted by Gasteiger charge is 2.31. The molecule has 1 aromatic heterocycles. The van der Waals surface area contributed by atoms with Gasteiger partial charge in [-0.25, -0.2) is 13.4 Å². The molecule has 8 heteroatoms. The molecule has 1 N–H and O–H groups in total. The Hall–Kier alpha value is -1.34. The van der Waals surface area contributed by atoms with Gasteiger partial charge in [0.25, 0.3) is 5.91 Å². The minimum Gasteiger partial charge on any atom is -0.367 e. The van der Waals surface area contributed by atoms with Crippen LogP contribution in [0.3, 0.4) is 0 Å². The van der Waals surface area contributed by atoms with Crippen molar-refractivity contribution in [3.63, 3.8) is 0 Å². The highest BCUT2D eigenvalue weighted by Crippen LogP contribution is 2.37. The molecule has 1 unspecified atom stereocenters. The summed E-state index contributed by atoms with van der Waals surface area (Å²) in [5.74, 6) is 1.02. The third-order valence-corrected chi connectivity index (χ3v) is 8.42. The number of nitrogens with one attached hydrogen (secondary N) is 1. The summed E-state index contributed by atoms with van der Waals surface area (Å²) in [6.07, 6.45) is 10.6. The number of halogens is 1. The first-order valence-electron chi connectivity index (χ1n) is 11.0. The van der Waals surface area contributed by atoms with Crippen LogP contribution in [-0.4, -0.2) is 54.8 Å². The molecule has 1 atom stereocenters. The van der Waals surface area contributed by atoms with Crippen molar-refractivity contribution in [2.24, 2.45) is 5.41 Å². The molecule has 0 radical (unpaired) electrons. The van der Waals surface area contributed by atoms with Gasteiger partial charge in [0.2, 0.25) is 0 Å². The summed E-state index contributed by atoms with van der Waals surface area (Å²) in [5.41, 5.74) is 3.37. The lowest BCUT2D eigenvalue weighted by atomic mass is 9.75. The van der Waals surface area contributed by atoms with Crippen LogP contribution < -0.4 is 5.32 Å². The number of carbonyl (C=O) groups excluding carboxylic acids is 1. The molecule has 0 spiro atoms. The smallest absolute Gasteiger partial charge is 0.255 e. The summed E-state index contributed by atoms with van der Waals surface area (Å²) >= 11 is 0. The van der Waals surface area contributed by atoms with E-state index in [4.69, 9.17) is 4.98 Å². The summed E-state index contributed by atoms with van der Waals surface area (Å²) in [7, 11) is -3.00. The Balaban J connectivity index is 0.00000256. The predicted octanol–water partition coefficient (Wildman–Crippen LogP) is 3.63. The van der Waals surface area contributed by atoms with Gasteiger partial charge in [0.15, 0.2) is 9.84 Å². The normalized spacial score (nSPS) is 25.0. The molecule has 4 rings (SSSR count). The zero-order valence-electron chi connectivity index (χ0n) is 18.1. The van der Waals surface area contributed by atoms with E-state index < -0.39 is 9.84 Å². The number of amides is 1. The van der Waals surface area contributed by atoms with Crippen molar-refractivity contribution in [2.45, 2.75) is 71.3 Å². The maximum absolute atomic E-state index is 13.1. The lowest BCUT2D eigenvalue weighted by Gasteiger charge is -2.36. The minimum absolute atomic E-state index is 0. The molecular weight excluding hydrogens is 422 g/mol. The first-order valence-corrected chi connectivity index (χ1v) is 12.8. The van der Waals surface area contributed by atoms with E-state index in [1.807, 2.05) is 0 Å². The second kappa shape index (κ2) is 9.03. The van der Waals surface area contributed by atoms with Crippen molar-refractivity contribution in [2.75, 3.05) is 29.9 Å². The number of rotatable bonds is 3. The van der Waals surface area contributed by atoms with Crippen molar-refractivity contribution >= 4 is 34.0 Å². The molecule has 2 heterocycles. The Bertz CT molecular complexity index is 887. The largest absolute Gasteiger partial charge is 0.367 e. The summed E-state index contributed by atoms with van der Waals surface area (Å²) in [5, 5.41) is 3.71. The fraction of sp³-hybridized carbons (Fsp3) is 0.727. The van der Waals surface area contributed by atoms with Gasteiger partial charge < -0.3 is 10.2 Å². The van der Waals surface area contributed by atoms with Gasteiger partial charge in [0.05, 0.1) is 17.1 Å². The topological polar surface area (TPSA) is 79.4 Å². The molecule has 0 aromatic carbocycles.